The topological polar surface area (TPSA) is 70.4 Å². The number of thiophene rings is 1. The number of carbonyl (C=O) groups is 1. The maximum Gasteiger partial charge on any atom is 0.348 e. The Morgan fingerprint density at radius 3 is 2.74 bits per heavy atom. The van der Waals surface area contributed by atoms with E-state index in [-0.39, 0.29) is 18.0 Å². The standard InChI is InChI=1S/C19H19FN2O4S/c1-3-25-19(24)16-12(2)15-17(27-16)21-11-22(18(15)23)9-4-10-26-14-7-5-13(20)6-8-14/h5-8,11H,3-4,9-10H2,1-2H3. The van der Waals surface area contributed by atoms with Gasteiger partial charge in [0.25, 0.3) is 5.56 Å². The number of esters is 1. The molecule has 0 aliphatic carbocycles. The molecule has 0 atom stereocenters. The molecule has 8 heteroatoms. The summed E-state index contributed by atoms with van der Waals surface area (Å²) in [4.78, 5) is 30.0. The minimum atomic E-state index is -0.434. The van der Waals surface area contributed by atoms with Crippen molar-refractivity contribution in [2.45, 2.75) is 26.8 Å². The highest BCUT2D eigenvalue weighted by molar-refractivity contribution is 7.20. The lowest BCUT2D eigenvalue weighted by molar-refractivity contribution is 0.0531. The number of carbonyl (C=O) groups excluding carboxylic acids is 1. The van der Waals surface area contributed by atoms with Crippen LogP contribution in [0.2, 0.25) is 0 Å². The van der Waals surface area contributed by atoms with E-state index in [1.165, 1.54) is 34.4 Å². The van der Waals surface area contributed by atoms with Crippen molar-refractivity contribution in [1.29, 1.82) is 0 Å². The van der Waals surface area contributed by atoms with Gasteiger partial charge in [-0.25, -0.2) is 14.2 Å². The van der Waals surface area contributed by atoms with Crippen molar-refractivity contribution < 1.29 is 18.7 Å². The van der Waals surface area contributed by atoms with Crippen molar-refractivity contribution in [1.82, 2.24) is 9.55 Å². The van der Waals surface area contributed by atoms with Crippen LogP contribution in [0.15, 0.2) is 35.4 Å². The van der Waals surface area contributed by atoms with E-state index in [1.54, 1.807) is 26.0 Å². The maximum atomic E-state index is 12.9. The van der Waals surface area contributed by atoms with Crippen LogP contribution in [0, 0.1) is 12.7 Å². The summed E-state index contributed by atoms with van der Waals surface area (Å²) < 4.78 is 24.9. The van der Waals surface area contributed by atoms with E-state index in [1.807, 2.05) is 0 Å². The highest BCUT2D eigenvalue weighted by Crippen LogP contribution is 2.27. The van der Waals surface area contributed by atoms with E-state index >= 15 is 0 Å². The van der Waals surface area contributed by atoms with Gasteiger partial charge in [0.1, 0.15) is 21.3 Å². The van der Waals surface area contributed by atoms with Crippen molar-refractivity contribution in [2.24, 2.45) is 0 Å². The fraction of sp³-hybridized carbons (Fsp3) is 0.316. The van der Waals surface area contributed by atoms with Crippen LogP contribution in [-0.4, -0.2) is 28.7 Å². The first-order valence-electron chi connectivity index (χ1n) is 8.55. The molecule has 0 aliphatic heterocycles. The Kier molecular flexibility index (Phi) is 5.85. The Bertz CT molecular complexity index is 1010. The van der Waals surface area contributed by atoms with Gasteiger partial charge in [0.15, 0.2) is 0 Å². The molecule has 142 valence electrons. The minimum absolute atomic E-state index is 0.189. The summed E-state index contributed by atoms with van der Waals surface area (Å²) in [5, 5.41) is 0.449. The summed E-state index contributed by atoms with van der Waals surface area (Å²) in [6.45, 7) is 4.55. The molecular weight excluding hydrogens is 371 g/mol. The number of nitrogens with zero attached hydrogens (tertiary/aromatic N) is 2. The Labute approximate surface area is 159 Å². The van der Waals surface area contributed by atoms with Gasteiger partial charge in [0.2, 0.25) is 0 Å². The Balaban J connectivity index is 1.71. The summed E-state index contributed by atoms with van der Waals surface area (Å²) in [6.07, 6.45) is 2.06. The second-order valence-corrected chi connectivity index (χ2v) is 6.85. The van der Waals surface area contributed by atoms with Crippen molar-refractivity contribution in [2.75, 3.05) is 13.2 Å². The quantitative estimate of drug-likeness (QED) is 0.456. The highest BCUT2D eigenvalue weighted by Gasteiger charge is 2.20. The van der Waals surface area contributed by atoms with Gasteiger partial charge in [0, 0.05) is 6.54 Å². The van der Waals surface area contributed by atoms with Gasteiger partial charge in [-0.15, -0.1) is 11.3 Å². The molecule has 3 aromatic rings. The van der Waals surface area contributed by atoms with Crippen molar-refractivity contribution in [3.8, 4) is 5.75 Å². The molecule has 1 aromatic carbocycles. The van der Waals surface area contributed by atoms with Crippen LogP contribution in [-0.2, 0) is 11.3 Å². The Morgan fingerprint density at radius 1 is 1.30 bits per heavy atom. The number of fused-ring (bicyclic) bond motifs is 1. The van der Waals surface area contributed by atoms with E-state index in [2.05, 4.69) is 4.98 Å². The number of rotatable bonds is 7. The predicted octanol–water partition coefficient (Wildman–Crippen LogP) is 3.55. The lowest BCUT2D eigenvalue weighted by atomic mass is 10.2. The van der Waals surface area contributed by atoms with Gasteiger partial charge < -0.3 is 9.47 Å². The molecule has 2 aromatic heterocycles. The van der Waals surface area contributed by atoms with E-state index in [9.17, 15) is 14.0 Å². The third-order valence-corrected chi connectivity index (χ3v) is 5.18. The maximum absolute atomic E-state index is 12.9. The lowest BCUT2D eigenvalue weighted by Crippen LogP contribution is -2.21. The van der Waals surface area contributed by atoms with Gasteiger partial charge in [-0.1, -0.05) is 0 Å². The first-order chi connectivity index (χ1) is 13.0. The van der Waals surface area contributed by atoms with Crippen molar-refractivity contribution in [3.63, 3.8) is 0 Å². The van der Waals surface area contributed by atoms with Gasteiger partial charge >= 0.3 is 5.97 Å². The van der Waals surface area contributed by atoms with Crippen LogP contribution >= 0.6 is 11.3 Å². The number of halogens is 1. The van der Waals surface area contributed by atoms with E-state index in [0.29, 0.717) is 46.0 Å². The minimum Gasteiger partial charge on any atom is -0.494 e. The average Bonchev–Trinajstić information content (AvgIpc) is 2.99. The van der Waals surface area contributed by atoms with E-state index in [0.717, 1.165) is 0 Å². The molecule has 0 N–H and O–H groups in total. The van der Waals surface area contributed by atoms with E-state index in [4.69, 9.17) is 9.47 Å². The Morgan fingerprint density at radius 2 is 2.04 bits per heavy atom. The first kappa shape index (κ1) is 19.0. The molecule has 0 saturated carbocycles. The highest BCUT2D eigenvalue weighted by atomic mass is 32.1. The molecule has 27 heavy (non-hydrogen) atoms. The zero-order chi connectivity index (χ0) is 19.4. The molecule has 0 radical (unpaired) electrons. The third-order valence-electron chi connectivity index (χ3n) is 4.00. The number of ether oxygens (including phenoxy) is 2. The van der Waals surface area contributed by atoms with Gasteiger partial charge in [0.05, 0.1) is 24.9 Å². The van der Waals surface area contributed by atoms with Crippen LogP contribution < -0.4 is 10.3 Å². The molecule has 2 heterocycles. The zero-order valence-corrected chi connectivity index (χ0v) is 15.8. The summed E-state index contributed by atoms with van der Waals surface area (Å²) in [5.74, 6) is -0.177. The molecule has 0 bridgehead atoms. The predicted molar refractivity (Wildman–Crippen MR) is 101 cm³/mol. The lowest BCUT2D eigenvalue weighted by Gasteiger charge is -2.08. The largest absolute Gasteiger partial charge is 0.494 e. The number of aryl methyl sites for hydroxylation is 2. The molecule has 0 unspecified atom stereocenters. The number of aromatic nitrogens is 2. The molecule has 6 nitrogen and oxygen atoms in total. The SMILES string of the molecule is CCOC(=O)c1sc2ncn(CCCOc3ccc(F)cc3)c(=O)c2c1C. The van der Waals surface area contributed by atoms with Gasteiger partial charge in [-0.3, -0.25) is 9.36 Å². The molecule has 0 aliphatic rings. The smallest absolute Gasteiger partial charge is 0.348 e. The summed E-state index contributed by atoms with van der Waals surface area (Å²) in [7, 11) is 0. The van der Waals surface area contributed by atoms with Crippen LogP contribution in [0.4, 0.5) is 4.39 Å². The number of hydrogen-bond donors (Lipinski definition) is 0. The molecule has 0 fully saturated rings. The summed E-state index contributed by atoms with van der Waals surface area (Å²) in [5.41, 5.74) is 0.411. The zero-order valence-electron chi connectivity index (χ0n) is 15.0. The molecule has 0 spiro atoms. The summed E-state index contributed by atoms with van der Waals surface area (Å²) in [6, 6.07) is 5.78. The fourth-order valence-corrected chi connectivity index (χ4v) is 3.70. The van der Waals surface area contributed by atoms with Crippen LogP contribution in [0.3, 0.4) is 0 Å². The normalized spacial score (nSPS) is 10.9. The summed E-state index contributed by atoms with van der Waals surface area (Å²) >= 11 is 1.17. The number of benzene rings is 1. The monoisotopic (exact) mass is 390 g/mol. The van der Waals surface area contributed by atoms with Crippen LogP contribution in [0.25, 0.3) is 10.2 Å². The molecule has 0 saturated heterocycles. The molecule has 3 rings (SSSR count). The average molecular weight is 390 g/mol. The van der Waals surface area contributed by atoms with Gasteiger partial charge in [-0.05, 0) is 50.1 Å². The van der Waals surface area contributed by atoms with Crippen molar-refractivity contribution in [3.05, 3.63) is 57.2 Å². The Hall–Kier alpha value is -2.74. The second kappa shape index (κ2) is 8.30. The van der Waals surface area contributed by atoms with Crippen LogP contribution in [0.5, 0.6) is 5.75 Å². The van der Waals surface area contributed by atoms with Crippen LogP contribution in [0.1, 0.15) is 28.6 Å². The fourth-order valence-electron chi connectivity index (χ4n) is 2.67. The van der Waals surface area contributed by atoms with Gasteiger partial charge in [-0.2, -0.15) is 0 Å². The number of hydrogen-bond acceptors (Lipinski definition) is 6. The molecular formula is C19H19FN2O4S. The van der Waals surface area contributed by atoms with E-state index < -0.39 is 5.97 Å². The first-order valence-corrected chi connectivity index (χ1v) is 9.37. The third kappa shape index (κ3) is 4.16. The van der Waals surface area contributed by atoms with Crippen molar-refractivity contribution >= 4 is 27.5 Å². The molecule has 0 amide bonds. The second-order valence-electron chi connectivity index (χ2n) is 5.86.